The fourth-order valence-corrected chi connectivity index (χ4v) is 2.32. The summed E-state index contributed by atoms with van der Waals surface area (Å²) in [4.78, 5) is 0. The summed E-state index contributed by atoms with van der Waals surface area (Å²) >= 11 is 0. The van der Waals surface area contributed by atoms with Gasteiger partial charge in [0.15, 0.2) is 0 Å². The van der Waals surface area contributed by atoms with Crippen molar-refractivity contribution in [2.75, 3.05) is 12.2 Å². The molecule has 0 bridgehead atoms. The van der Waals surface area contributed by atoms with Gasteiger partial charge in [0.05, 0.1) is 12.3 Å². The minimum Gasteiger partial charge on any atom is -0.507 e. The van der Waals surface area contributed by atoms with Crippen LogP contribution in [0.5, 0.6) is 0 Å². The van der Waals surface area contributed by atoms with Crippen LogP contribution in [-0.4, -0.2) is 13.8 Å². The second-order valence-electron chi connectivity index (χ2n) is 4.53. The van der Waals surface area contributed by atoms with Crippen LogP contribution in [0.2, 0.25) is 0 Å². The van der Waals surface area contributed by atoms with Crippen LogP contribution in [0.25, 0.3) is 5.47 Å². The van der Waals surface area contributed by atoms with Crippen molar-refractivity contribution in [1.82, 2.24) is 0 Å². The minimum atomic E-state index is 0.806. The van der Waals surface area contributed by atoms with Crippen LogP contribution in [0.15, 0.2) is 24.0 Å². The predicted molar refractivity (Wildman–Crippen MR) is 75.2 cm³/mol. The Morgan fingerprint density at radius 2 is 2.18 bits per heavy atom. The molecule has 0 saturated carbocycles. The van der Waals surface area contributed by atoms with E-state index in [9.17, 15) is 0 Å². The third-order valence-corrected chi connectivity index (χ3v) is 3.29. The van der Waals surface area contributed by atoms with Gasteiger partial charge in [0.1, 0.15) is 0 Å². The maximum atomic E-state index is 6.09. The van der Waals surface area contributed by atoms with Crippen LogP contribution in [-0.2, 0) is 11.2 Å². The highest BCUT2D eigenvalue weighted by atomic mass is 16.5. The first-order chi connectivity index (χ1) is 8.26. The van der Waals surface area contributed by atoms with Gasteiger partial charge >= 0.3 is 0 Å². The van der Waals surface area contributed by atoms with Gasteiger partial charge in [-0.05, 0) is 35.5 Å². The van der Waals surface area contributed by atoms with Gasteiger partial charge in [0.2, 0.25) is 7.28 Å². The molecule has 0 amide bonds. The molecule has 3 heteroatoms. The molecule has 0 saturated heterocycles. The van der Waals surface area contributed by atoms with E-state index in [-0.39, 0.29) is 0 Å². The summed E-state index contributed by atoms with van der Waals surface area (Å²) in [6.07, 6.45) is 3.18. The van der Waals surface area contributed by atoms with Crippen LogP contribution in [0.1, 0.15) is 37.8 Å². The van der Waals surface area contributed by atoms with Crippen molar-refractivity contribution < 1.29 is 4.74 Å². The van der Waals surface area contributed by atoms with Crippen LogP contribution in [0.4, 0.5) is 5.69 Å². The van der Waals surface area contributed by atoms with Crippen LogP contribution in [0.3, 0.4) is 0 Å². The van der Waals surface area contributed by atoms with Crippen molar-refractivity contribution in [2.24, 2.45) is 0 Å². The van der Waals surface area contributed by atoms with Crippen LogP contribution < -0.4 is 5.73 Å². The Hall–Kier alpha value is -1.38. The molecule has 17 heavy (non-hydrogen) atoms. The third kappa shape index (κ3) is 2.49. The highest BCUT2D eigenvalue weighted by molar-refractivity contribution is 6.62. The Bertz CT molecular complexity index is 440. The molecule has 1 aliphatic rings. The van der Waals surface area contributed by atoms with Gasteiger partial charge in [-0.25, -0.2) is 0 Å². The lowest BCUT2D eigenvalue weighted by molar-refractivity contribution is 0.265. The monoisotopic (exact) mass is 229 g/mol. The molecule has 0 aromatic heterocycles. The molecule has 1 heterocycles. The zero-order valence-electron chi connectivity index (χ0n) is 10.8. The number of aryl methyl sites for hydroxylation is 1. The van der Waals surface area contributed by atoms with Crippen molar-refractivity contribution >= 4 is 18.4 Å². The van der Waals surface area contributed by atoms with E-state index in [1.807, 2.05) is 6.07 Å². The van der Waals surface area contributed by atoms with E-state index in [0.717, 1.165) is 44.5 Å². The molecule has 0 fully saturated rings. The van der Waals surface area contributed by atoms with E-state index in [0.29, 0.717) is 0 Å². The van der Waals surface area contributed by atoms with Crippen molar-refractivity contribution in [2.45, 2.75) is 33.1 Å². The van der Waals surface area contributed by atoms with E-state index in [1.54, 1.807) is 0 Å². The van der Waals surface area contributed by atoms with Gasteiger partial charge in [0.25, 0.3) is 0 Å². The first kappa shape index (κ1) is 12.1. The first-order valence-corrected chi connectivity index (χ1v) is 6.49. The van der Waals surface area contributed by atoms with Crippen molar-refractivity contribution in [3.8, 4) is 0 Å². The fraction of sp³-hybridized carbons (Fsp3) is 0.429. The van der Waals surface area contributed by atoms with Gasteiger partial charge in [-0.2, -0.15) is 0 Å². The number of benzene rings is 1. The molecule has 1 aliphatic heterocycles. The van der Waals surface area contributed by atoms with Gasteiger partial charge < -0.3 is 10.5 Å². The smallest absolute Gasteiger partial charge is 0.209 e. The average Bonchev–Trinajstić information content (AvgIpc) is 2.78. The zero-order valence-corrected chi connectivity index (χ0v) is 10.8. The quantitative estimate of drug-likeness (QED) is 0.636. The highest BCUT2D eigenvalue weighted by Crippen LogP contribution is 2.30. The zero-order chi connectivity index (χ0) is 12.3. The van der Waals surface area contributed by atoms with Crippen molar-refractivity contribution in [3.05, 3.63) is 35.1 Å². The average molecular weight is 229 g/mol. The SMILES string of the molecule is CCCC1=C(c2cc(CC)ccc2N)BCO1. The molecule has 0 aliphatic carbocycles. The van der Waals surface area contributed by atoms with Gasteiger partial charge in [-0.15, -0.1) is 0 Å². The lowest BCUT2D eigenvalue weighted by Gasteiger charge is -2.10. The van der Waals surface area contributed by atoms with Crippen molar-refractivity contribution in [3.63, 3.8) is 0 Å². The number of hydrogen-bond acceptors (Lipinski definition) is 2. The van der Waals surface area contributed by atoms with E-state index in [2.05, 4.69) is 26.0 Å². The Labute approximate surface area is 104 Å². The van der Waals surface area contributed by atoms with Crippen LogP contribution >= 0.6 is 0 Å². The van der Waals surface area contributed by atoms with E-state index >= 15 is 0 Å². The Morgan fingerprint density at radius 1 is 1.35 bits per heavy atom. The summed E-state index contributed by atoms with van der Waals surface area (Å²) in [6.45, 7) is 5.15. The maximum absolute atomic E-state index is 6.09. The molecule has 90 valence electrons. The second kappa shape index (κ2) is 5.30. The summed E-state index contributed by atoms with van der Waals surface area (Å²) < 4.78 is 5.71. The van der Waals surface area contributed by atoms with Gasteiger partial charge in [-0.3, -0.25) is 0 Å². The molecule has 1 aromatic carbocycles. The Morgan fingerprint density at radius 3 is 2.88 bits per heavy atom. The molecular formula is C14H20BNO. The minimum absolute atomic E-state index is 0.806. The molecule has 0 radical (unpaired) electrons. The van der Waals surface area contributed by atoms with E-state index in [1.165, 1.54) is 16.6 Å². The molecule has 2 nitrogen and oxygen atoms in total. The molecule has 0 unspecified atom stereocenters. The summed E-state index contributed by atoms with van der Waals surface area (Å²) in [5.41, 5.74) is 10.8. The van der Waals surface area contributed by atoms with Crippen LogP contribution in [0, 0.1) is 0 Å². The number of nitrogen functional groups attached to an aromatic ring is 1. The van der Waals surface area contributed by atoms with Gasteiger partial charge in [-0.1, -0.05) is 26.0 Å². The number of rotatable bonds is 4. The van der Waals surface area contributed by atoms with Gasteiger partial charge in [0, 0.05) is 12.1 Å². The largest absolute Gasteiger partial charge is 0.507 e. The topological polar surface area (TPSA) is 35.2 Å². The molecule has 2 rings (SSSR count). The number of ether oxygens (including phenoxy) is 1. The fourth-order valence-electron chi connectivity index (χ4n) is 2.32. The normalized spacial score (nSPS) is 14.7. The Kier molecular flexibility index (Phi) is 3.77. The lowest BCUT2D eigenvalue weighted by atomic mass is 9.68. The predicted octanol–water partition coefficient (Wildman–Crippen LogP) is 2.72. The number of nitrogens with two attached hydrogens (primary N) is 1. The van der Waals surface area contributed by atoms with E-state index < -0.39 is 0 Å². The maximum Gasteiger partial charge on any atom is 0.209 e. The lowest BCUT2D eigenvalue weighted by Crippen LogP contribution is -2.00. The summed E-state index contributed by atoms with van der Waals surface area (Å²) in [5, 5.41) is 0. The Balaban J connectivity index is 2.41. The molecule has 2 N–H and O–H groups in total. The summed E-state index contributed by atoms with van der Waals surface area (Å²) in [5.74, 6) is 1.15. The van der Waals surface area contributed by atoms with E-state index in [4.69, 9.17) is 10.5 Å². The molecule has 1 aromatic rings. The summed E-state index contributed by atoms with van der Waals surface area (Å²) in [6, 6.07) is 6.34. The van der Waals surface area contributed by atoms with Crippen molar-refractivity contribution in [1.29, 1.82) is 0 Å². The second-order valence-corrected chi connectivity index (χ2v) is 4.53. The third-order valence-electron chi connectivity index (χ3n) is 3.29. The number of hydrogen-bond donors (Lipinski definition) is 1. The summed E-state index contributed by atoms with van der Waals surface area (Å²) in [7, 11) is 0.993. The molecule has 0 spiro atoms. The molecule has 0 atom stereocenters. The molecular weight excluding hydrogens is 209 g/mol. The highest BCUT2D eigenvalue weighted by Gasteiger charge is 2.20. The standard InChI is InChI=1S/C14H20BNO/c1-3-5-13-14(15-9-17-13)11-8-10(4-2)6-7-12(11)16/h6-8,15H,3-5,9,16H2,1-2H3. The number of allylic oxidation sites excluding steroid dienone is 1. The number of anilines is 1. The first-order valence-electron chi connectivity index (χ1n) is 6.49.